The van der Waals surface area contributed by atoms with E-state index in [1.165, 1.54) is 11.3 Å². The van der Waals surface area contributed by atoms with Crippen molar-refractivity contribution >= 4 is 34.6 Å². The molecule has 5 nitrogen and oxygen atoms in total. The van der Waals surface area contributed by atoms with Crippen LogP contribution in [-0.2, 0) is 4.79 Å². The van der Waals surface area contributed by atoms with E-state index in [2.05, 4.69) is 10.3 Å². The molecule has 2 bridgehead atoms. The van der Waals surface area contributed by atoms with Crippen LogP contribution < -0.4 is 10.1 Å². The lowest BCUT2D eigenvalue weighted by atomic mass is 9.38. The van der Waals surface area contributed by atoms with Gasteiger partial charge in [-0.2, -0.15) is 0 Å². The summed E-state index contributed by atoms with van der Waals surface area (Å²) in [5, 5.41) is 5.51. The molecule has 3 aliphatic rings. The number of thiazole rings is 1. The van der Waals surface area contributed by atoms with E-state index in [4.69, 9.17) is 16.3 Å². The van der Waals surface area contributed by atoms with Crippen molar-refractivity contribution in [3.05, 3.63) is 45.4 Å². The van der Waals surface area contributed by atoms with Gasteiger partial charge in [-0.3, -0.25) is 9.59 Å². The van der Waals surface area contributed by atoms with E-state index in [9.17, 15) is 9.59 Å². The van der Waals surface area contributed by atoms with Crippen LogP contribution in [0.4, 0.5) is 0 Å². The zero-order valence-corrected chi connectivity index (χ0v) is 16.0. The number of rotatable bonds is 7. The molecule has 0 saturated heterocycles. The molecule has 0 radical (unpaired) electrons. The largest absolute Gasteiger partial charge is 0.486 e. The highest BCUT2D eigenvalue weighted by Gasteiger charge is 2.68. The van der Waals surface area contributed by atoms with Crippen LogP contribution in [0.25, 0.3) is 0 Å². The van der Waals surface area contributed by atoms with E-state index in [-0.39, 0.29) is 29.3 Å². The highest BCUT2D eigenvalue weighted by atomic mass is 35.5. The smallest absolute Gasteiger partial charge is 0.271 e. The number of nitrogens with zero attached hydrogens (tertiary/aromatic N) is 1. The predicted octanol–water partition coefficient (Wildman–Crippen LogP) is 3.80. The van der Waals surface area contributed by atoms with Gasteiger partial charge in [0, 0.05) is 22.4 Å². The number of Topliss-reactive ketones (excluding diaryl/α,β-unsaturated/α-hetero) is 1. The molecule has 26 heavy (non-hydrogen) atoms. The number of hydrogen-bond acceptors (Lipinski definition) is 5. The van der Waals surface area contributed by atoms with Crippen molar-refractivity contribution in [3.8, 4) is 5.75 Å². The number of ether oxygens (including phenoxy) is 1. The van der Waals surface area contributed by atoms with Crippen LogP contribution in [0.2, 0.25) is 5.02 Å². The van der Waals surface area contributed by atoms with Crippen LogP contribution in [-0.4, -0.2) is 28.8 Å². The van der Waals surface area contributed by atoms with Crippen molar-refractivity contribution in [3.63, 3.8) is 0 Å². The number of benzene rings is 1. The molecule has 136 valence electrons. The number of carbonyl (C=O) groups is 2. The minimum absolute atomic E-state index is 0.0473. The van der Waals surface area contributed by atoms with Crippen molar-refractivity contribution in [2.24, 2.45) is 5.41 Å². The van der Waals surface area contributed by atoms with E-state index < -0.39 is 0 Å². The number of aromatic nitrogens is 1. The van der Waals surface area contributed by atoms with Gasteiger partial charge in [0.1, 0.15) is 18.1 Å². The maximum atomic E-state index is 12.3. The molecule has 2 aromatic rings. The third kappa shape index (κ3) is 3.23. The third-order valence-electron chi connectivity index (χ3n) is 5.29. The highest BCUT2D eigenvalue weighted by molar-refractivity contribution is 7.07. The molecule has 1 aromatic carbocycles. The average molecular weight is 391 g/mol. The van der Waals surface area contributed by atoms with E-state index in [0.717, 1.165) is 24.8 Å². The number of carbonyl (C=O) groups excluding carboxylic acids is 2. The van der Waals surface area contributed by atoms with Crippen molar-refractivity contribution in [2.75, 3.05) is 6.61 Å². The summed E-state index contributed by atoms with van der Waals surface area (Å²) in [7, 11) is 0. The normalized spacial score (nSPS) is 25.8. The Bertz CT molecular complexity index is 846. The molecule has 1 aromatic heterocycles. The number of halogens is 1. The van der Waals surface area contributed by atoms with E-state index in [0.29, 0.717) is 22.9 Å². The number of aryl methyl sites for hydroxylation is 1. The van der Waals surface area contributed by atoms with Crippen molar-refractivity contribution in [1.82, 2.24) is 10.3 Å². The molecule has 1 amide bonds. The zero-order chi connectivity index (χ0) is 18.4. The molecule has 1 heterocycles. The van der Waals surface area contributed by atoms with Crippen LogP contribution in [0.15, 0.2) is 29.1 Å². The number of ketones is 1. The standard InChI is InChI=1S/C19H19ClN2O3S/c1-12-4-14(2-3-15(12)20)25-6-13(23)5-18-8-19(9-18,10-18)22-17(24)16-7-26-11-21-16/h2-4,7,11H,5-6,8-10H2,1H3,(H,22,24). The van der Waals surface area contributed by atoms with Crippen molar-refractivity contribution in [2.45, 2.75) is 38.1 Å². The van der Waals surface area contributed by atoms with Crippen LogP contribution in [0, 0.1) is 12.3 Å². The second-order valence-electron chi connectivity index (χ2n) is 7.55. The predicted molar refractivity (Wildman–Crippen MR) is 99.9 cm³/mol. The summed E-state index contributed by atoms with van der Waals surface area (Å²) in [5.41, 5.74) is 2.96. The maximum absolute atomic E-state index is 12.3. The second-order valence-corrected chi connectivity index (χ2v) is 8.68. The Kier molecular flexibility index (Phi) is 4.28. The summed E-state index contributed by atoms with van der Waals surface area (Å²) >= 11 is 7.40. The van der Waals surface area contributed by atoms with Crippen molar-refractivity contribution in [1.29, 1.82) is 0 Å². The molecular formula is C19H19ClN2O3S. The van der Waals surface area contributed by atoms with Gasteiger partial charge >= 0.3 is 0 Å². The fourth-order valence-electron chi connectivity index (χ4n) is 4.29. The Morgan fingerprint density at radius 3 is 2.77 bits per heavy atom. The first-order valence-corrected chi connectivity index (χ1v) is 9.82. The van der Waals surface area contributed by atoms with Crippen LogP contribution in [0.3, 0.4) is 0 Å². The first-order chi connectivity index (χ1) is 12.4. The molecule has 5 rings (SSSR count). The van der Waals surface area contributed by atoms with Gasteiger partial charge < -0.3 is 10.1 Å². The van der Waals surface area contributed by atoms with Gasteiger partial charge in [-0.15, -0.1) is 11.3 Å². The Balaban J connectivity index is 1.23. The van der Waals surface area contributed by atoms with Crippen LogP contribution in [0.1, 0.15) is 41.7 Å². The van der Waals surface area contributed by atoms with Crippen LogP contribution >= 0.6 is 22.9 Å². The van der Waals surface area contributed by atoms with Gasteiger partial charge in [-0.05, 0) is 55.4 Å². The van der Waals surface area contributed by atoms with Gasteiger partial charge in [0.2, 0.25) is 0 Å². The molecular weight excluding hydrogens is 372 g/mol. The lowest BCUT2D eigenvalue weighted by molar-refractivity contribution is -0.162. The minimum Gasteiger partial charge on any atom is -0.486 e. The topological polar surface area (TPSA) is 68.3 Å². The molecule has 0 atom stereocenters. The van der Waals surface area contributed by atoms with Gasteiger partial charge in [0.25, 0.3) is 5.91 Å². The number of hydrogen-bond donors (Lipinski definition) is 1. The fourth-order valence-corrected chi connectivity index (χ4v) is 4.94. The molecule has 3 fully saturated rings. The lowest BCUT2D eigenvalue weighted by Crippen LogP contribution is -2.75. The Morgan fingerprint density at radius 2 is 2.12 bits per heavy atom. The van der Waals surface area contributed by atoms with E-state index >= 15 is 0 Å². The second kappa shape index (κ2) is 6.35. The summed E-state index contributed by atoms with van der Waals surface area (Å²) in [5.74, 6) is 0.633. The summed E-state index contributed by atoms with van der Waals surface area (Å²) in [6, 6.07) is 5.37. The fraction of sp³-hybridized carbons (Fsp3) is 0.421. The summed E-state index contributed by atoms with van der Waals surface area (Å²) < 4.78 is 5.59. The SMILES string of the molecule is Cc1cc(OCC(=O)CC23CC(NC(=O)c4cscn4)(C2)C3)ccc1Cl. The minimum atomic E-state index is -0.130. The Hall–Kier alpha value is -1.92. The number of amides is 1. The Morgan fingerprint density at radius 1 is 1.35 bits per heavy atom. The molecule has 0 unspecified atom stereocenters. The van der Waals surface area contributed by atoms with Crippen LogP contribution in [0.5, 0.6) is 5.75 Å². The summed E-state index contributed by atoms with van der Waals surface area (Å²) in [4.78, 5) is 28.4. The van der Waals surface area contributed by atoms with Gasteiger partial charge in [0.05, 0.1) is 5.51 Å². The third-order valence-corrected chi connectivity index (χ3v) is 6.30. The Labute approximate surface area is 160 Å². The van der Waals surface area contributed by atoms with Gasteiger partial charge in [-0.25, -0.2) is 4.98 Å². The van der Waals surface area contributed by atoms with E-state index in [1.54, 1.807) is 23.0 Å². The highest BCUT2D eigenvalue weighted by Crippen LogP contribution is 2.69. The molecule has 1 N–H and O–H groups in total. The molecule has 3 saturated carbocycles. The first-order valence-electron chi connectivity index (χ1n) is 8.50. The van der Waals surface area contributed by atoms with E-state index in [1.807, 2.05) is 13.0 Å². The molecule has 3 aliphatic carbocycles. The molecule has 0 spiro atoms. The zero-order valence-electron chi connectivity index (χ0n) is 14.4. The van der Waals surface area contributed by atoms with Crippen molar-refractivity contribution < 1.29 is 14.3 Å². The summed E-state index contributed by atoms with van der Waals surface area (Å²) in [6.07, 6.45) is 3.10. The average Bonchev–Trinajstić information content (AvgIpc) is 3.07. The summed E-state index contributed by atoms with van der Waals surface area (Å²) in [6.45, 7) is 1.97. The van der Waals surface area contributed by atoms with Gasteiger partial charge in [-0.1, -0.05) is 11.6 Å². The van der Waals surface area contributed by atoms with Gasteiger partial charge in [0.15, 0.2) is 5.78 Å². The monoisotopic (exact) mass is 390 g/mol. The number of nitrogens with one attached hydrogen (secondary N) is 1. The molecule has 0 aliphatic heterocycles. The lowest BCUT2D eigenvalue weighted by Gasteiger charge is -2.70. The first kappa shape index (κ1) is 17.5. The quantitative estimate of drug-likeness (QED) is 0.780. The maximum Gasteiger partial charge on any atom is 0.271 e. The molecule has 7 heteroatoms.